The van der Waals surface area contributed by atoms with Gasteiger partial charge in [0.05, 0.1) is 57.3 Å². The van der Waals surface area contributed by atoms with E-state index in [0.29, 0.717) is 30.3 Å². The van der Waals surface area contributed by atoms with Crippen molar-refractivity contribution in [3.63, 3.8) is 0 Å². The number of hydrogen-bond acceptors (Lipinski definition) is 22. The Balaban J connectivity index is 0.000000914. The molecular formula is C49H60IN7O18S2. The molecule has 0 aliphatic carbocycles. The van der Waals surface area contributed by atoms with E-state index in [4.69, 9.17) is 75.4 Å². The Morgan fingerprint density at radius 1 is 0.662 bits per heavy atom. The number of rotatable bonds is 11. The third kappa shape index (κ3) is 29.6. The number of anilines is 2. The van der Waals surface area contributed by atoms with Crippen LogP contribution < -0.4 is 27.8 Å². The summed E-state index contributed by atoms with van der Waals surface area (Å²) in [6.07, 6.45) is 1.35. The Morgan fingerprint density at radius 2 is 1.06 bits per heavy atom. The van der Waals surface area contributed by atoms with E-state index in [1.807, 2.05) is 18.1 Å². The van der Waals surface area contributed by atoms with Crippen molar-refractivity contribution in [2.45, 2.75) is 32.5 Å². The third-order valence-electron chi connectivity index (χ3n) is 8.68. The van der Waals surface area contributed by atoms with Crippen molar-refractivity contribution in [1.29, 1.82) is 0 Å². The molecule has 0 saturated heterocycles. The van der Waals surface area contributed by atoms with Gasteiger partial charge in [0.2, 0.25) is 0 Å². The molecule has 21 N–H and O–H groups in total. The first-order valence-electron chi connectivity index (χ1n) is 21.6. The maximum atomic E-state index is 10.8. The molecule has 77 heavy (non-hydrogen) atoms. The quantitative estimate of drug-likeness (QED) is 0.0203. The summed E-state index contributed by atoms with van der Waals surface area (Å²) in [6, 6.07) is 19.1. The molecular weight excluding hydrogens is 1170 g/mol. The highest BCUT2D eigenvalue weighted by Crippen LogP contribution is 2.24. The predicted molar refractivity (Wildman–Crippen MR) is 304 cm³/mol. The number of nitrogens with two attached hydrogens (primary N) is 3. The van der Waals surface area contributed by atoms with Crippen molar-refractivity contribution < 1.29 is 90.4 Å². The van der Waals surface area contributed by atoms with Gasteiger partial charge in [0.1, 0.15) is 34.5 Å². The molecule has 28 heteroatoms. The number of halogens is 1. The molecule has 418 valence electrons. The zero-order valence-corrected chi connectivity index (χ0v) is 45.3. The molecule has 6 rings (SSSR count). The Bertz CT molecular complexity index is 2750. The average molecular weight is 1230 g/mol. The number of benzene rings is 5. The molecule has 1 atom stereocenters. The number of carbonyl (C=O) groups is 5. The van der Waals surface area contributed by atoms with Crippen molar-refractivity contribution >= 4 is 109 Å². The van der Waals surface area contributed by atoms with Crippen molar-refractivity contribution in [2.24, 2.45) is 21.5 Å². The normalized spacial score (nSPS) is 11.9. The molecule has 1 heterocycles. The number of aliphatic hydroxyl groups excluding tert-OH is 2. The monoisotopic (exact) mass is 1230 g/mol. The maximum Gasteiger partial charge on any atom is 0.335 e. The minimum absolute atomic E-state index is 0.0116. The number of hydrogen-bond donors (Lipinski definition) is 18. The first-order chi connectivity index (χ1) is 36.0. The van der Waals surface area contributed by atoms with Crippen LogP contribution >= 0.6 is 46.6 Å². The lowest BCUT2D eigenvalue weighted by Gasteiger charge is -2.20. The lowest BCUT2D eigenvalue weighted by Crippen LogP contribution is -2.42. The fourth-order valence-corrected chi connectivity index (χ4v) is 5.69. The van der Waals surface area contributed by atoms with Crippen LogP contribution in [-0.2, 0) is 6.42 Å². The van der Waals surface area contributed by atoms with Crippen molar-refractivity contribution in [3.05, 3.63) is 124 Å². The number of aromatic hydroxyl groups is 6. The molecule has 5 aromatic carbocycles. The fourth-order valence-electron chi connectivity index (χ4n) is 5.33. The van der Waals surface area contributed by atoms with Crippen molar-refractivity contribution in [3.8, 4) is 34.5 Å². The summed E-state index contributed by atoms with van der Waals surface area (Å²) in [5.74, 6) is -6.05. The van der Waals surface area contributed by atoms with Gasteiger partial charge in [-0.25, -0.2) is 29.0 Å². The van der Waals surface area contributed by atoms with E-state index in [0.717, 1.165) is 45.8 Å². The third-order valence-corrected chi connectivity index (χ3v) is 9.51. The first-order valence-corrected chi connectivity index (χ1v) is 25.4. The summed E-state index contributed by atoms with van der Waals surface area (Å²) >= 11 is 8.51. The van der Waals surface area contributed by atoms with Crippen LogP contribution in [0.5, 0.6) is 34.5 Å². The van der Waals surface area contributed by atoms with Gasteiger partial charge in [-0.15, -0.1) is 11.8 Å². The molecule has 0 amide bonds. The summed E-state index contributed by atoms with van der Waals surface area (Å²) in [4.78, 5) is 63.7. The summed E-state index contributed by atoms with van der Waals surface area (Å²) in [5, 5.41) is 122. The molecule has 0 radical (unpaired) electrons. The molecule has 0 bridgehead atoms. The molecule has 0 fully saturated rings. The fraction of sp³-hybridized carbons (Fsp3) is 0.224. The van der Waals surface area contributed by atoms with Crippen molar-refractivity contribution in [1.82, 2.24) is 5.32 Å². The summed E-state index contributed by atoms with van der Waals surface area (Å²) < 4.78 is 0. The highest BCUT2D eigenvalue weighted by molar-refractivity contribution is 14.1. The Kier molecular flexibility index (Phi) is 32.3. The molecule has 0 spiro atoms. The van der Waals surface area contributed by atoms with Gasteiger partial charge in [0.25, 0.3) is 0 Å². The van der Waals surface area contributed by atoms with Crippen LogP contribution in [0.25, 0.3) is 0 Å². The minimum Gasteiger partial charge on any atom is -0.508 e. The van der Waals surface area contributed by atoms with E-state index in [2.05, 4.69) is 43.2 Å². The highest BCUT2D eigenvalue weighted by atomic mass is 127. The molecule has 1 unspecified atom stereocenters. The van der Waals surface area contributed by atoms with Crippen LogP contribution in [0, 0.1) is 0 Å². The minimum atomic E-state index is -1.18. The van der Waals surface area contributed by atoms with Crippen LogP contribution in [0.4, 0.5) is 17.1 Å². The summed E-state index contributed by atoms with van der Waals surface area (Å²) in [5.41, 5.74) is 16.9. The topological polar surface area (TPSA) is 475 Å². The number of aliphatic hydroxyl groups is 2. The second-order valence-electron chi connectivity index (χ2n) is 15.2. The van der Waals surface area contributed by atoms with E-state index in [9.17, 15) is 44.4 Å². The van der Waals surface area contributed by atoms with Gasteiger partial charge in [-0.2, -0.15) is 0 Å². The highest BCUT2D eigenvalue weighted by Gasteiger charge is 2.14. The Hall–Kier alpha value is -8.00. The Morgan fingerprint density at radius 3 is 1.47 bits per heavy atom. The number of β-amino-alcohol motifs (C(OH)–C–C–N with tert-alkyl or cyclic N) is 1. The molecule has 5 aromatic rings. The number of aromatic carboxylic acids is 5. The number of nitrogen functional groups attached to an aromatic ring is 1. The number of aliphatic imine (C=N–C) groups is 2. The van der Waals surface area contributed by atoms with Gasteiger partial charge >= 0.3 is 29.8 Å². The van der Waals surface area contributed by atoms with Crippen LogP contribution in [0.15, 0.2) is 101 Å². The average Bonchev–Trinajstić information content (AvgIpc) is 3.34. The molecule has 0 aromatic heterocycles. The van der Waals surface area contributed by atoms with Gasteiger partial charge in [0, 0.05) is 61.7 Å². The number of phenols is 6. The van der Waals surface area contributed by atoms with Gasteiger partial charge in [-0.1, -0.05) is 34.8 Å². The number of carboxylic acids is 5. The van der Waals surface area contributed by atoms with Crippen LogP contribution in [0.2, 0.25) is 0 Å². The van der Waals surface area contributed by atoms with Gasteiger partial charge in [-0.3, -0.25) is 4.99 Å². The van der Waals surface area contributed by atoms with Gasteiger partial charge in [-0.05, 0) is 102 Å². The zero-order chi connectivity index (χ0) is 59.1. The molecule has 1 aliphatic heterocycles. The number of nitrogens with zero attached hydrogens (tertiary/aromatic N) is 2. The van der Waals surface area contributed by atoms with E-state index in [1.54, 1.807) is 6.92 Å². The lowest BCUT2D eigenvalue weighted by molar-refractivity contribution is 0.0685. The second kappa shape index (κ2) is 36.1. The van der Waals surface area contributed by atoms with Gasteiger partial charge < -0.3 is 94.2 Å². The van der Waals surface area contributed by atoms with Crippen LogP contribution in [0.3, 0.4) is 0 Å². The number of thioether (sulfide) groups is 1. The molecule has 25 nitrogen and oxygen atoms in total. The number of guanidine groups is 1. The Labute approximate surface area is 463 Å². The number of carboxylic acid groups (broad SMARTS) is 5. The smallest absolute Gasteiger partial charge is 0.335 e. The second-order valence-corrected chi connectivity index (χ2v) is 16.9. The SMILES string of the molecule is CC(=S)Cc1cc(O)cc(C(=O)O)c1.CI.CSC(C)=Nc1cc(O)cc(C(=O)O)c1.NCC(O)CN.Nc1cc(O)cc(C(=O)O)c1.O=C(O)c1cc(O)cc(NC2=NCC(O)CN2)c1.O=C(O)c1cc(O)cc(O)c1. The number of alkyl halides is 1. The lowest BCUT2D eigenvalue weighted by atomic mass is 10.1. The molecule has 1 aliphatic rings. The van der Waals surface area contributed by atoms with E-state index in [1.165, 1.54) is 72.4 Å². The predicted octanol–water partition coefficient (Wildman–Crippen LogP) is 5.13. The van der Waals surface area contributed by atoms with Crippen molar-refractivity contribution in [2.75, 3.05) is 48.4 Å². The largest absolute Gasteiger partial charge is 0.508 e. The first kappa shape index (κ1) is 69.0. The zero-order valence-electron chi connectivity index (χ0n) is 41.5. The van der Waals surface area contributed by atoms with Gasteiger partial charge in [0.15, 0.2) is 5.96 Å². The van der Waals surface area contributed by atoms with E-state index in [-0.39, 0.29) is 87.6 Å². The molecule has 0 saturated carbocycles. The maximum absolute atomic E-state index is 10.8. The van der Waals surface area contributed by atoms with E-state index < -0.39 is 42.1 Å². The number of nitrogens with one attached hydrogen (secondary N) is 2. The number of phenolic OH excluding ortho intramolecular Hbond substituents is 6. The number of thiocarbonyl (C=S) groups is 1. The summed E-state index contributed by atoms with van der Waals surface area (Å²) in [7, 11) is 0. The van der Waals surface area contributed by atoms with Crippen LogP contribution in [0.1, 0.15) is 71.2 Å². The summed E-state index contributed by atoms with van der Waals surface area (Å²) in [6.45, 7) is 4.76. The van der Waals surface area contributed by atoms with Crippen LogP contribution in [-0.4, -0.2) is 162 Å². The van der Waals surface area contributed by atoms with E-state index >= 15 is 0 Å². The standard InChI is InChI=1S/C11H13N3O4.C10H11NO3S.C10H10O3S.C7H7NO3.C7H6O4.C3H10N2O.CH3I/c15-8-2-6(10(17)18)1-7(3-8)14-11-12-4-9(16)5-13-11;1-6(15-2)11-8-3-7(10(13)14)4-9(12)5-8;1-6(14)2-7-3-8(10(12)13)5-9(11)4-7;2*8-5-1-4(7(10)11)2-6(9)3-5;4-1-3(6)2-5;1-2/h1-3,9,15-16H,4-5H2,(H,17,18)(H2,12,13,14);3-5,12H,1-2H3,(H,13,14);3-5,11H,2H2,1H3,(H,12,13);1-3,9H,8H2,(H,10,11);1-3,8-9H,(H,10,11);3,6H,1-2,4-5H2;1H3.